The number of fused-ring (bicyclic) bond motifs is 4. The van der Waals surface area contributed by atoms with Crippen LogP contribution in [-0.2, 0) is 10.8 Å². The summed E-state index contributed by atoms with van der Waals surface area (Å²) in [4.78, 5) is 2.33. The van der Waals surface area contributed by atoms with Crippen molar-refractivity contribution in [3.05, 3.63) is 110 Å². The lowest BCUT2D eigenvalue weighted by Crippen LogP contribution is -2.14. The lowest BCUT2D eigenvalue weighted by molar-refractivity contribution is 0.590. The van der Waals surface area contributed by atoms with Gasteiger partial charge >= 0.3 is 0 Å². The van der Waals surface area contributed by atoms with Crippen molar-refractivity contribution in [2.75, 3.05) is 4.90 Å². The van der Waals surface area contributed by atoms with Crippen LogP contribution in [0.4, 0.5) is 17.1 Å². The molecule has 0 spiro atoms. The van der Waals surface area contributed by atoms with Crippen molar-refractivity contribution < 1.29 is 0 Å². The van der Waals surface area contributed by atoms with Gasteiger partial charge in [0.25, 0.3) is 0 Å². The molecule has 1 aromatic heterocycles. The highest BCUT2D eigenvalue weighted by molar-refractivity contribution is 14.1. The normalized spacial score (nSPS) is 14.0. The van der Waals surface area contributed by atoms with E-state index in [9.17, 15) is 0 Å². The van der Waals surface area contributed by atoms with E-state index in [0.717, 1.165) is 25.7 Å². The van der Waals surface area contributed by atoms with Crippen LogP contribution in [0.3, 0.4) is 0 Å². The van der Waals surface area contributed by atoms with Crippen LogP contribution in [0.1, 0.15) is 51.3 Å². The van der Waals surface area contributed by atoms with Gasteiger partial charge in [0.1, 0.15) is 0 Å². The first-order valence-corrected chi connectivity index (χ1v) is 14.9. The first kappa shape index (κ1) is 25.0. The second-order valence-electron chi connectivity index (χ2n) is 11.4. The number of nitrogens with zero attached hydrogens (tertiary/aromatic N) is 1. The topological polar surface area (TPSA) is 3.24 Å². The van der Waals surface area contributed by atoms with Crippen molar-refractivity contribution in [1.29, 1.82) is 0 Å². The van der Waals surface area contributed by atoms with Gasteiger partial charge in [-0.05, 0) is 92.2 Å². The first-order valence-electron chi connectivity index (χ1n) is 12.6. The standard InChI is InChI=1S/C33H29ClINS/c1-32(2,3)20-13-15-21(16-14-20)36(28-12-8-11-27(35)31(28)34)29-19-37-30-18-26-23(17-24(29)30)22-9-6-7-10-25(22)33(26,4)5/h6-19H,1-5H3. The first-order chi connectivity index (χ1) is 17.6. The van der Waals surface area contributed by atoms with Gasteiger partial charge in [-0.2, -0.15) is 0 Å². The summed E-state index contributed by atoms with van der Waals surface area (Å²) in [6.45, 7) is 11.4. The highest BCUT2D eigenvalue weighted by Gasteiger charge is 2.36. The van der Waals surface area contributed by atoms with Crippen LogP contribution >= 0.6 is 45.5 Å². The maximum Gasteiger partial charge on any atom is 0.0780 e. The van der Waals surface area contributed by atoms with Gasteiger partial charge in [0, 0.05) is 30.1 Å². The smallest absolute Gasteiger partial charge is 0.0780 e. The van der Waals surface area contributed by atoms with Gasteiger partial charge in [-0.3, -0.25) is 0 Å². The van der Waals surface area contributed by atoms with Crippen molar-refractivity contribution in [2.45, 2.75) is 45.4 Å². The Bertz CT molecular complexity index is 1660. The Morgan fingerprint density at radius 2 is 1.54 bits per heavy atom. The summed E-state index contributed by atoms with van der Waals surface area (Å²) in [7, 11) is 0. The predicted molar refractivity (Wildman–Crippen MR) is 170 cm³/mol. The molecule has 186 valence electrons. The maximum absolute atomic E-state index is 6.96. The Morgan fingerprint density at radius 1 is 0.811 bits per heavy atom. The minimum absolute atomic E-state index is 0.00834. The molecule has 0 unspecified atom stereocenters. The van der Waals surface area contributed by atoms with Crippen LogP contribution in [0.25, 0.3) is 21.2 Å². The third-order valence-corrected chi connectivity index (χ3v) is 10.2. The van der Waals surface area contributed by atoms with E-state index >= 15 is 0 Å². The molecule has 0 amide bonds. The van der Waals surface area contributed by atoms with Crippen LogP contribution in [0.5, 0.6) is 0 Å². The Kier molecular flexibility index (Phi) is 5.98. The van der Waals surface area contributed by atoms with Gasteiger partial charge in [0.05, 0.1) is 16.4 Å². The van der Waals surface area contributed by atoms with Gasteiger partial charge in [-0.15, -0.1) is 11.3 Å². The van der Waals surface area contributed by atoms with Crippen LogP contribution in [0.15, 0.2) is 84.2 Å². The van der Waals surface area contributed by atoms with Crippen molar-refractivity contribution in [2.24, 2.45) is 0 Å². The largest absolute Gasteiger partial charge is 0.307 e. The fourth-order valence-electron chi connectivity index (χ4n) is 5.56. The molecule has 1 aliphatic rings. The average Bonchev–Trinajstić information content (AvgIpc) is 3.37. The van der Waals surface area contributed by atoms with E-state index in [0.29, 0.717) is 0 Å². The molecule has 0 saturated heterocycles. The van der Waals surface area contributed by atoms with Crippen molar-refractivity contribution in [1.82, 2.24) is 0 Å². The number of halogens is 2. The molecule has 0 fully saturated rings. The van der Waals surface area contributed by atoms with E-state index in [1.807, 2.05) is 11.3 Å². The van der Waals surface area contributed by atoms with Crippen LogP contribution in [0.2, 0.25) is 5.02 Å². The molecule has 0 saturated carbocycles. The minimum Gasteiger partial charge on any atom is -0.307 e. The average molecular weight is 634 g/mol. The molecule has 0 aliphatic heterocycles. The number of hydrogen-bond acceptors (Lipinski definition) is 2. The van der Waals surface area contributed by atoms with E-state index < -0.39 is 0 Å². The molecular weight excluding hydrogens is 605 g/mol. The molecule has 0 atom stereocenters. The third kappa shape index (κ3) is 4.02. The number of rotatable bonds is 3. The zero-order chi connectivity index (χ0) is 26.1. The third-order valence-electron chi connectivity index (χ3n) is 7.66. The molecule has 0 radical (unpaired) electrons. The summed E-state index contributed by atoms with van der Waals surface area (Å²) in [6.07, 6.45) is 0. The Hall–Kier alpha value is -2.34. The predicted octanol–water partition coefficient (Wildman–Crippen LogP) is 11.2. The van der Waals surface area contributed by atoms with Crippen LogP contribution in [0, 0.1) is 3.57 Å². The fraction of sp³-hybridized carbons (Fsp3) is 0.212. The molecule has 1 nitrogen and oxygen atoms in total. The molecule has 4 heteroatoms. The van der Waals surface area contributed by atoms with E-state index in [4.69, 9.17) is 11.6 Å². The van der Waals surface area contributed by atoms with Gasteiger partial charge in [-0.25, -0.2) is 0 Å². The number of thiophene rings is 1. The molecule has 37 heavy (non-hydrogen) atoms. The highest BCUT2D eigenvalue weighted by Crippen LogP contribution is 2.53. The van der Waals surface area contributed by atoms with E-state index in [-0.39, 0.29) is 10.8 Å². The van der Waals surface area contributed by atoms with E-state index in [1.165, 1.54) is 37.9 Å². The lowest BCUT2D eigenvalue weighted by Gasteiger charge is -2.27. The second-order valence-corrected chi connectivity index (χ2v) is 13.8. The molecule has 5 aromatic rings. The SMILES string of the molecule is CC(C)(C)c1ccc(N(c2cccc(I)c2Cl)c2csc3cc4c(cc23)-c2ccccc2C4(C)C)cc1. The second kappa shape index (κ2) is 8.86. The van der Waals surface area contributed by atoms with Gasteiger partial charge in [0.15, 0.2) is 0 Å². The maximum atomic E-state index is 6.96. The summed E-state index contributed by atoms with van der Waals surface area (Å²) in [6, 6.07) is 28.9. The number of benzene rings is 4. The molecule has 1 heterocycles. The van der Waals surface area contributed by atoms with E-state index in [1.54, 1.807) is 0 Å². The fourth-order valence-corrected chi connectivity index (χ4v) is 7.21. The van der Waals surface area contributed by atoms with E-state index in [2.05, 4.69) is 146 Å². The molecule has 1 aliphatic carbocycles. The highest BCUT2D eigenvalue weighted by atomic mass is 127. The molecular formula is C33H29ClINS. The summed E-state index contributed by atoms with van der Waals surface area (Å²) in [5.74, 6) is 0. The summed E-state index contributed by atoms with van der Waals surface area (Å²) in [5, 5.41) is 4.31. The van der Waals surface area contributed by atoms with Gasteiger partial charge < -0.3 is 4.90 Å². The zero-order valence-corrected chi connectivity index (χ0v) is 25.4. The Morgan fingerprint density at radius 3 is 2.27 bits per heavy atom. The summed E-state index contributed by atoms with van der Waals surface area (Å²) in [5.41, 5.74) is 10.2. The molecule has 6 rings (SSSR count). The quantitative estimate of drug-likeness (QED) is 0.179. The summed E-state index contributed by atoms with van der Waals surface area (Å²) >= 11 is 11.1. The van der Waals surface area contributed by atoms with Crippen molar-refractivity contribution >= 4 is 72.7 Å². The monoisotopic (exact) mass is 633 g/mol. The number of hydrogen-bond donors (Lipinski definition) is 0. The Labute approximate surface area is 242 Å². The molecule has 0 bridgehead atoms. The minimum atomic E-state index is -0.00834. The van der Waals surface area contributed by atoms with Crippen LogP contribution in [-0.4, -0.2) is 0 Å². The number of anilines is 3. The summed E-state index contributed by atoms with van der Waals surface area (Å²) < 4.78 is 2.34. The van der Waals surface area contributed by atoms with Gasteiger partial charge in [0.2, 0.25) is 0 Å². The Balaban J connectivity index is 1.59. The van der Waals surface area contributed by atoms with Crippen LogP contribution < -0.4 is 4.90 Å². The molecule has 0 N–H and O–H groups in total. The molecule has 4 aromatic carbocycles. The van der Waals surface area contributed by atoms with Gasteiger partial charge in [-0.1, -0.05) is 88.7 Å². The lowest BCUT2D eigenvalue weighted by atomic mass is 9.82. The van der Waals surface area contributed by atoms with Crippen molar-refractivity contribution in [3.63, 3.8) is 0 Å². The zero-order valence-electron chi connectivity index (χ0n) is 21.7. The van der Waals surface area contributed by atoms with Crippen molar-refractivity contribution in [3.8, 4) is 11.1 Å².